The van der Waals surface area contributed by atoms with Gasteiger partial charge in [-0.3, -0.25) is 5.43 Å². The van der Waals surface area contributed by atoms with Crippen LogP contribution in [0.1, 0.15) is 39.0 Å². The molecule has 2 atom stereocenters. The zero-order chi connectivity index (χ0) is 23.8. The van der Waals surface area contributed by atoms with E-state index in [0.29, 0.717) is 0 Å². The van der Waals surface area contributed by atoms with Crippen LogP contribution in [-0.2, 0) is 6.42 Å². The summed E-state index contributed by atoms with van der Waals surface area (Å²) in [6.45, 7) is 18.5. The standard InChI is InChI=1S/C27H32N6/c1-8-12-18-16(5)24(27(7,14-10-3)22-20(11-4)32-33-23(18)22)31-26-21-19(13-9-2)17(6)30-25(21)28-15-29-26/h8-12,14-15,22,33H,2,4,13H2,1,3,5-7H3,(H2,28,29,30,31)/b12-8-,14-10+. The molecule has 6 nitrogen and oxygen atoms in total. The van der Waals surface area contributed by atoms with Crippen LogP contribution in [0.15, 0.2) is 83.6 Å². The molecular weight excluding hydrogens is 408 g/mol. The summed E-state index contributed by atoms with van der Waals surface area (Å²) in [4.78, 5) is 12.6. The molecule has 0 spiro atoms. The Bertz CT molecular complexity index is 1280. The maximum absolute atomic E-state index is 4.68. The monoisotopic (exact) mass is 440 g/mol. The number of H-pyrrole nitrogens is 1. The van der Waals surface area contributed by atoms with Crippen LogP contribution in [0.4, 0.5) is 5.82 Å². The van der Waals surface area contributed by atoms with E-state index in [2.05, 4.69) is 96.0 Å². The van der Waals surface area contributed by atoms with Gasteiger partial charge in [0.1, 0.15) is 17.8 Å². The average Bonchev–Trinajstić information content (AvgIpc) is 3.37. The van der Waals surface area contributed by atoms with E-state index in [-0.39, 0.29) is 11.3 Å². The lowest BCUT2D eigenvalue weighted by Crippen LogP contribution is -2.40. The molecule has 0 aromatic carbocycles. The van der Waals surface area contributed by atoms with Gasteiger partial charge in [0.25, 0.3) is 0 Å². The van der Waals surface area contributed by atoms with Crippen LogP contribution in [0.5, 0.6) is 0 Å². The van der Waals surface area contributed by atoms with Gasteiger partial charge in [0.05, 0.1) is 22.7 Å². The van der Waals surface area contributed by atoms with Crippen LogP contribution in [0, 0.1) is 18.3 Å². The summed E-state index contributed by atoms with van der Waals surface area (Å²) in [5.41, 5.74) is 11.4. The summed E-state index contributed by atoms with van der Waals surface area (Å²) >= 11 is 0. The van der Waals surface area contributed by atoms with Gasteiger partial charge in [0, 0.05) is 22.4 Å². The zero-order valence-electron chi connectivity index (χ0n) is 20.1. The van der Waals surface area contributed by atoms with E-state index < -0.39 is 0 Å². The molecule has 2 aromatic rings. The highest BCUT2D eigenvalue weighted by Gasteiger charge is 2.48. The van der Waals surface area contributed by atoms with Gasteiger partial charge >= 0.3 is 0 Å². The van der Waals surface area contributed by atoms with Crippen molar-refractivity contribution >= 4 is 22.6 Å². The van der Waals surface area contributed by atoms with Crippen molar-refractivity contribution in [1.29, 1.82) is 0 Å². The van der Waals surface area contributed by atoms with Crippen LogP contribution in [0.25, 0.3) is 11.0 Å². The number of rotatable bonds is 7. The van der Waals surface area contributed by atoms with Gasteiger partial charge in [-0.25, -0.2) is 9.97 Å². The quantitative estimate of drug-likeness (QED) is 0.471. The topological polar surface area (TPSA) is 78.0 Å². The Balaban J connectivity index is 1.97. The summed E-state index contributed by atoms with van der Waals surface area (Å²) in [6.07, 6.45) is 14.7. The van der Waals surface area contributed by atoms with Crippen molar-refractivity contribution in [1.82, 2.24) is 20.4 Å². The van der Waals surface area contributed by atoms with Crippen molar-refractivity contribution in [3.05, 3.63) is 89.7 Å². The maximum atomic E-state index is 4.68. The number of nitrogens with one attached hydrogen (secondary N) is 3. The summed E-state index contributed by atoms with van der Waals surface area (Å²) in [5.74, 6) is 0.805. The molecule has 0 amide bonds. The maximum Gasteiger partial charge on any atom is 0.143 e. The molecule has 170 valence electrons. The number of fused-ring (bicyclic) bond motifs is 2. The molecule has 0 bridgehead atoms. The number of hydrogen-bond donors (Lipinski definition) is 3. The second kappa shape index (κ2) is 8.70. The number of anilines is 1. The lowest BCUT2D eigenvalue weighted by Gasteiger charge is -2.41. The first-order valence-corrected chi connectivity index (χ1v) is 11.3. The normalized spacial score (nSPS) is 22.8. The molecule has 33 heavy (non-hydrogen) atoms. The molecule has 2 aliphatic rings. The number of aromatic amines is 1. The minimum absolute atomic E-state index is 0.0153. The summed E-state index contributed by atoms with van der Waals surface area (Å²) in [5, 5.41) is 9.35. The Hall–Kier alpha value is -3.67. The molecule has 3 N–H and O–H groups in total. The highest BCUT2D eigenvalue weighted by atomic mass is 15.3. The van der Waals surface area contributed by atoms with Crippen LogP contribution in [-0.4, -0.2) is 20.7 Å². The Morgan fingerprint density at radius 1 is 1.18 bits per heavy atom. The van der Waals surface area contributed by atoms with Gasteiger partial charge in [0.2, 0.25) is 0 Å². The second-order valence-corrected chi connectivity index (χ2v) is 8.69. The van der Waals surface area contributed by atoms with Crippen molar-refractivity contribution < 1.29 is 0 Å². The van der Waals surface area contributed by atoms with Crippen LogP contribution < -0.4 is 10.7 Å². The fraction of sp³-hybridized carbons (Fsp3) is 0.296. The molecule has 0 saturated heterocycles. The van der Waals surface area contributed by atoms with E-state index >= 15 is 0 Å². The van der Waals surface area contributed by atoms with Gasteiger partial charge in [-0.1, -0.05) is 37.0 Å². The van der Waals surface area contributed by atoms with E-state index in [1.165, 1.54) is 0 Å². The van der Waals surface area contributed by atoms with E-state index in [1.807, 2.05) is 19.1 Å². The van der Waals surface area contributed by atoms with Crippen LogP contribution in [0.2, 0.25) is 0 Å². The van der Waals surface area contributed by atoms with Gasteiger partial charge < -0.3 is 10.3 Å². The van der Waals surface area contributed by atoms with Gasteiger partial charge in [-0.15, -0.1) is 6.58 Å². The molecule has 6 heteroatoms. The largest absolute Gasteiger partial charge is 0.343 e. The molecule has 0 fully saturated rings. The molecule has 1 aliphatic heterocycles. The Labute approximate surface area is 195 Å². The minimum atomic E-state index is -0.378. The van der Waals surface area contributed by atoms with Crippen molar-refractivity contribution in [2.75, 3.05) is 5.32 Å². The predicted molar refractivity (Wildman–Crippen MR) is 138 cm³/mol. The van der Waals surface area contributed by atoms with Crippen LogP contribution >= 0.6 is 0 Å². The summed E-state index contributed by atoms with van der Waals surface area (Å²) in [6, 6.07) is 0. The number of aryl methyl sites for hydroxylation is 1. The number of allylic oxidation sites excluding steroid dienone is 9. The number of hydrogen-bond acceptors (Lipinski definition) is 5. The third kappa shape index (κ3) is 3.46. The summed E-state index contributed by atoms with van der Waals surface area (Å²) in [7, 11) is 0. The van der Waals surface area contributed by atoms with Gasteiger partial charge in [-0.05, 0) is 58.3 Å². The Morgan fingerprint density at radius 3 is 2.64 bits per heavy atom. The fourth-order valence-electron chi connectivity index (χ4n) is 5.23. The van der Waals surface area contributed by atoms with Gasteiger partial charge in [0.15, 0.2) is 0 Å². The average molecular weight is 441 g/mol. The molecule has 3 heterocycles. The third-order valence-corrected chi connectivity index (χ3v) is 6.65. The molecule has 2 unspecified atom stereocenters. The van der Waals surface area contributed by atoms with E-state index in [4.69, 9.17) is 0 Å². The van der Waals surface area contributed by atoms with Crippen LogP contribution in [0.3, 0.4) is 0 Å². The highest BCUT2D eigenvalue weighted by molar-refractivity contribution is 6.02. The minimum Gasteiger partial charge on any atom is -0.343 e. The zero-order valence-corrected chi connectivity index (χ0v) is 20.1. The van der Waals surface area contributed by atoms with Gasteiger partial charge in [-0.2, -0.15) is 5.10 Å². The van der Waals surface area contributed by atoms with E-state index in [9.17, 15) is 0 Å². The summed E-state index contributed by atoms with van der Waals surface area (Å²) < 4.78 is 0. The first-order chi connectivity index (χ1) is 15.9. The first kappa shape index (κ1) is 22.5. The SMILES string of the molecule is C=CCc1c(C)[nH]c2ncnc(NC3=C(C)C(/C=C\C)=C4NN=C(C=C)C4C3(C)/C=C/C)c12. The molecule has 1 aliphatic carbocycles. The molecule has 2 aromatic heterocycles. The van der Waals surface area contributed by atoms with Crippen molar-refractivity contribution in [2.24, 2.45) is 16.4 Å². The number of nitrogens with zero attached hydrogens (tertiary/aromatic N) is 3. The lowest BCUT2D eigenvalue weighted by molar-refractivity contribution is 0.424. The number of hydrazone groups is 1. The molecule has 4 rings (SSSR count). The second-order valence-electron chi connectivity index (χ2n) is 8.69. The van der Waals surface area contributed by atoms with Crippen molar-refractivity contribution in [2.45, 2.75) is 41.0 Å². The van der Waals surface area contributed by atoms with Crippen molar-refractivity contribution in [3.8, 4) is 0 Å². The molecule has 0 saturated carbocycles. The van der Waals surface area contributed by atoms with E-state index in [0.717, 1.165) is 62.8 Å². The smallest absolute Gasteiger partial charge is 0.143 e. The lowest BCUT2D eigenvalue weighted by atomic mass is 9.65. The Kier molecular flexibility index (Phi) is 5.93. The number of aromatic nitrogens is 3. The molecular formula is C27H32N6. The highest BCUT2D eigenvalue weighted by Crippen LogP contribution is 2.51. The fourth-order valence-corrected chi connectivity index (χ4v) is 5.23. The van der Waals surface area contributed by atoms with Crippen molar-refractivity contribution in [3.63, 3.8) is 0 Å². The first-order valence-electron chi connectivity index (χ1n) is 11.3. The van der Waals surface area contributed by atoms with E-state index in [1.54, 1.807) is 6.33 Å². The third-order valence-electron chi connectivity index (χ3n) is 6.65. The predicted octanol–water partition coefficient (Wildman–Crippen LogP) is 5.87. The Morgan fingerprint density at radius 2 is 1.97 bits per heavy atom. The molecule has 0 radical (unpaired) electrons.